The average molecular weight is 300 g/mol. The van der Waals surface area contributed by atoms with Gasteiger partial charge in [0, 0.05) is 11.0 Å². The third kappa shape index (κ3) is 6.08. The van der Waals surface area contributed by atoms with E-state index in [9.17, 15) is 0 Å². The first kappa shape index (κ1) is 14.5. The number of nitrogens with one attached hydrogen (secondary N) is 1. The molecule has 2 nitrogen and oxygen atoms in total. The second-order valence-electron chi connectivity index (χ2n) is 4.66. The predicted molar refractivity (Wildman–Crippen MR) is 76.6 cm³/mol. The molecule has 17 heavy (non-hydrogen) atoms. The Balaban J connectivity index is 2.41. The van der Waals surface area contributed by atoms with E-state index < -0.39 is 0 Å². The highest BCUT2D eigenvalue weighted by atomic mass is 79.9. The first-order chi connectivity index (χ1) is 8.11. The van der Waals surface area contributed by atoms with Gasteiger partial charge in [-0.25, -0.2) is 0 Å². The van der Waals surface area contributed by atoms with E-state index in [1.165, 1.54) is 0 Å². The molecule has 96 valence electrons. The summed E-state index contributed by atoms with van der Waals surface area (Å²) < 4.78 is 6.99. The Morgan fingerprint density at radius 1 is 1.29 bits per heavy atom. The summed E-state index contributed by atoms with van der Waals surface area (Å²) in [5.74, 6) is 1.61. The second-order valence-corrected chi connectivity index (χ2v) is 5.57. The van der Waals surface area contributed by atoms with Crippen molar-refractivity contribution >= 4 is 15.9 Å². The normalized spacial score (nSPS) is 12.8. The van der Waals surface area contributed by atoms with E-state index in [4.69, 9.17) is 4.74 Å². The second kappa shape index (κ2) is 7.72. The van der Waals surface area contributed by atoms with Gasteiger partial charge in [-0.05, 0) is 37.1 Å². The van der Waals surface area contributed by atoms with Crippen LogP contribution in [0.2, 0.25) is 0 Å². The number of halogens is 1. The first-order valence-corrected chi connectivity index (χ1v) is 7.04. The van der Waals surface area contributed by atoms with E-state index in [1.54, 1.807) is 0 Å². The van der Waals surface area contributed by atoms with Gasteiger partial charge in [-0.2, -0.15) is 0 Å². The SMILES string of the molecule is CCC(CNCC(C)C)Oc1cccc(Br)c1. The molecule has 0 amide bonds. The lowest BCUT2D eigenvalue weighted by Crippen LogP contribution is -2.32. The van der Waals surface area contributed by atoms with E-state index in [0.717, 1.165) is 29.7 Å². The van der Waals surface area contributed by atoms with Crippen LogP contribution in [-0.2, 0) is 0 Å². The maximum Gasteiger partial charge on any atom is 0.120 e. The lowest BCUT2D eigenvalue weighted by Gasteiger charge is -2.19. The molecule has 1 aromatic rings. The van der Waals surface area contributed by atoms with Crippen molar-refractivity contribution in [2.45, 2.75) is 33.3 Å². The molecule has 0 aromatic heterocycles. The van der Waals surface area contributed by atoms with Crippen LogP contribution in [-0.4, -0.2) is 19.2 Å². The molecule has 1 N–H and O–H groups in total. The fourth-order valence-electron chi connectivity index (χ4n) is 1.54. The van der Waals surface area contributed by atoms with Gasteiger partial charge in [-0.3, -0.25) is 0 Å². The van der Waals surface area contributed by atoms with Crippen LogP contribution in [0, 0.1) is 5.92 Å². The summed E-state index contributed by atoms with van der Waals surface area (Å²) in [4.78, 5) is 0. The van der Waals surface area contributed by atoms with Crippen molar-refractivity contribution in [2.24, 2.45) is 5.92 Å². The van der Waals surface area contributed by atoms with Crippen LogP contribution in [0.1, 0.15) is 27.2 Å². The third-order valence-corrected chi connectivity index (χ3v) is 2.97. The number of benzene rings is 1. The smallest absolute Gasteiger partial charge is 0.120 e. The van der Waals surface area contributed by atoms with E-state index in [0.29, 0.717) is 5.92 Å². The maximum absolute atomic E-state index is 5.93. The number of ether oxygens (including phenoxy) is 1. The van der Waals surface area contributed by atoms with Crippen LogP contribution in [0.15, 0.2) is 28.7 Å². The van der Waals surface area contributed by atoms with E-state index in [2.05, 4.69) is 42.0 Å². The average Bonchev–Trinajstić information content (AvgIpc) is 2.27. The molecule has 0 aliphatic heterocycles. The molecule has 0 aliphatic carbocycles. The fraction of sp³-hybridized carbons (Fsp3) is 0.571. The van der Waals surface area contributed by atoms with Crippen LogP contribution >= 0.6 is 15.9 Å². The Labute approximate surface area is 113 Å². The zero-order valence-corrected chi connectivity index (χ0v) is 12.5. The zero-order chi connectivity index (χ0) is 12.7. The highest BCUT2D eigenvalue weighted by molar-refractivity contribution is 9.10. The molecule has 1 rings (SSSR count). The standard InChI is InChI=1S/C14H22BrNO/c1-4-13(10-16-9-11(2)3)17-14-7-5-6-12(15)8-14/h5-8,11,13,16H,4,9-10H2,1-3H3. The van der Waals surface area contributed by atoms with Crippen LogP contribution in [0.5, 0.6) is 5.75 Å². The Kier molecular flexibility index (Phi) is 6.60. The summed E-state index contributed by atoms with van der Waals surface area (Å²) >= 11 is 3.45. The molecule has 0 bridgehead atoms. The first-order valence-electron chi connectivity index (χ1n) is 6.24. The summed E-state index contributed by atoms with van der Waals surface area (Å²) in [5.41, 5.74) is 0. The minimum atomic E-state index is 0.239. The van der Waals surface area contributed by atoms with Gasteiger partial charge in [-0.1, -0.05) is 42.8 Å². The van der Waals surface area contributed by atoms with Crippen molar-refractivity contribution in [1.29, 1.82) is 0 Å². The van der Waals surface area contributed by atoms with Gasteiger partial charge in [-0.15, -0.1) is 0 Å². The van der Waals surface area contributed by atoms with Gasteiger partial charge in [0.25, 0.3) is 0 Å². The Bertz CT molecular complexity index is 328. The molecule has 0 spiro atoms. The van der Waals surface area contributed by atoms with E-state index in [-0.39, 0.29) is 6.10 Å². The monoisotopic (exact) mass is 299 g/mol. The van der Waals surface area contributed by atoms with Crippen molar-refractivity contribution in [3.05, 3.63) is 28.7 Å². The highest BCUT2D eigenvalue weighted by Crippen LogP contribution is 2.19. The molecule has 1 aromatic carbocycles. The van der Waals surface area contributed by atoms with Crippen LogP contribution < -0.4 is 10.1 Å². The summed E-state index contributed by atoms with van der Waals surface area (Å²) in [6, 6.07) is 8.00. The quantitative estimate of drug-likeness (QED) is 0.826. The predicted octanol–water partition coefficient (Wildman–Crippen LogP) is 3.85. The van der Waals surface area contributed by atoms with E-state index >= 15 is 0 Å². The van der Waals surface area contributed by atoms with Crippen molar-refractivity contribution in [3.8, 4) is 5.75 Å². The molecular formula is C14H22BrNO. The summed E-state index contributed by atoms with van der Waals surface area (Å²) in [7, 11) is 0. The molecule has 1 unspecified atom stereocenters. The molecular weight excluding hydrogens is 278 g/mol. The molecule has 0 aliphatic rings. The van der Waals surface area contributed by atoms with Crippen LogP contribution in [0.25, 0.3) is 0 Å². The summed E-state index contributed by atoms with van der Waals surface area (Å²) in [6.45, 7) is 8.52. The van der Waals surface area contributed by atoms with Crippen LogP contribution in [0.3, 0.4) is 0 Å². The van der Waals surface area contributed by atoms with Gasteiger partial charge in [0.2, 0.25) is 0 Å². The van der Waals surface area contributed by atoms with Gasteiger partial charge in [0.15, 0.2) is 0 Å². The minimum absolute atomic E-state index is 0.239. The van der Waals surface area contributed by atoms with Crippen molar-refractivity contribution in [1.82, 2.24) is 5.32 Å². The number of rotatable bonds is 7. The van der Waals surface area contributed by atoms with Gasteiger partial charge < -0.3 is 10.1 Å². The highest BCUT2D eigenvalue weighted by Gasteiger charge is 2.08. The fourth-order valence-corrected chi connectivity index (χ4v) is 1.91. The molecule has 0 heterocycles. The zero-order valence-electron chi connectivity index (χ0n) is 10.9. The Morgan fingerprint density at radius 2 is 2.06 bits per heavy atom. The van der Waals surface area contributed by atoms with Gasteiger partial charge in [0.05, 0.1) is 0 Å². The molecule has 0 saturated carbocycles. The van der Waals surface area contributed by atoms with Gasteiger partial charge in [0.1, 0.15) is 11.9 Å². The largest absolute Gasteiger partial charge is 0.489 e. The summed E-state index contributed by atoms with van der Waals surface area (Å²) in [5, 5.41) is 3.43. The maximum atomic E-state index is 5.93. The van der Waals surface area contributed by atoms with Crippen molar-refractivity contribution in [3.63, 3.8) is 0 Å². The van der Waals surface area contributed by atoms with Crippen molar-refractivity contribution in [2.75, 3.05) is 13.1 Å². The molecule has 3 heteroatoms. The third-order valence-electron chi connectivity index (χ3n) is 2.48. The Morgan fingerprint density at radius 3 is 2.65 bits per heavy atom. The molecule has 0 radical (unpaired) electrons. The summed E-state index contributed by atoms with van der Waals surface area (Å²) in [6.07, 6.45) is 1.25. The molecule has 0 fully saturated rings. The lowest BCUT2D eigenvalue weighted by molar-refractivity contribution is 0.192. The minimum Gasteiger partial charge on any atom is -0.489 e. The molecule has 0 saturated heterocycles. The lowest BCUT2D eigenvalue weighted by atomic mass is 10.2. The van der Waals surface area contributed by atoms with Gasteiger partial charge >= 0.3 is 0 Å². The van der Waals surface area contributed by atoms with Crippen molar-refractivity contribution < 1.29 is 4.74 Å². The topological polar surface area (TPSA) is 21.3 Å². The van der Waals surface area contributed by atoms with E-state index in [1.807, 2.05) is 24.3 Å². The number of hydrogen-bond acceptors (Lipinski definition) is 2. The number of hydrogen-bond donors (Lipinski definition) is 1. The molecule has 1 atom stereocenters. The Hall–Kier alpha value is -0.540. The van der Waals surface area contributed by atoms with Crippen LogP contribution in [0.4, 0.5) is 0 Å².